The van der Waals surface area contributed by atoms with Crippen molar-refractivity contribution in [2.75, 3.05) is 0 Å². The summed E-state index contributed by atoms with van der Waals surface area (Å²) in [6.07, 6.45) is 0. The first kappa shape index (κ1) is 25.0. The number of fused-ring (bicyclic) bond motifs is 10. The molecule has 0 heteroatoms. The van der Waals surface area contributed by atoms with Gasteiger partial charge in [-0.25, -0.2) is 0 Å². The van der Waals surface area contributed by atoms with Crippen LogP contribution in [0.1, 0.15) is 0 Å². The normalized spacial score (nSPS) is 13.9. The van der Waals surface area contributed by atoms with Gasteiger partial charge in [0.25, 0.3) is 0 Å². The molecule has 17 aromatic carbocycles. The molecular formula is C54H22. The van der Waals surface area contributed by atoms with Crippen LogP contribution in [0.3, 0.4) is 0 Å². The van der Waals surface area contributed by atoms with E-state index in [0.717, 1.165) is 0 Å². The van der Waals surface area contributed by atoms with E-state index in [1.165, 1.54) is 172 Å². The van der Waals surface area contributed by atoms with E-state index in [9.17, 15) is 0 Å². The quantitative estimate of drug-likeness (QED) is 0.111. The lowest BCUT2D eigenvalue weighted by atomic mass is 9.71. The first-order chi connectivity index (χ1) is 26.9. The number of hydrogen-bond donors (Lipinski definition) is 0. The molecule has 0 aliphatic heterocycles. The van der Waals surface area contributed by atoms with Crippen LogP contribution in [0.25, 0.3) is 172 Å². The Morgan fingerprint density at radius 2 is 0.278 bits per heavy atom. The largest absolute Gasteiger partial charge is 0.0616 e. The lowest BCUT2D eigenvalue weighted by Gasteiger charge is -2.30. The second-order valence-corrected chi connectivity index (χ2v) is 16.4. The van der Waals surface area contributed by atoms with E-state index in [2.05, 4.69) is 133 Å². The van der Waals surface area contributed by atoms with Gasteiger partial charge in [-0.3, -0.25) is 0 Å². The summed E-state index contributed by atoms with van der Waals surface area (Å²) in [5.41, 5.74) is 0. The SMILES string of the molecule is c1ccc2c(c1)c1ccc3c4cccc5c6ccc7c8ccccc8c8ccc9c%10cccc%11c%12ccc2c2c1c3c1c(c45)c3c6c7c8c9c3c(c%11%10)c1c%122. The van der Waals surface area contributed by atoms with Crippen molar-refractivity contribution in [1.29, 1.82) is 0 Å². The van der Waals surface area contributed by atoms with E-state index in [-0.39, 0.29) is 0 Å². The Morgan fingerprint density at radius 1 is 0.111 bits per heavy atom. The van der Waals surface area contributed by atoms with Crippen molar-refractivity contribution in [2.24, 2.45) is 0 Å². The fraction of sp³-hybridized carbons (Fsp3) is 0. The van der Waals surface area contributed by atoms with Crippen molar-refractivity contribution in [2.45, 2.75) is 0 Å². The molecule has 238 valence electrons. The van der Waals surface area contributed by atoms with Crippen LogP contribution in [0.4, 0.5) is 0 Å². The van der Waals surface area contributed by atoms with Gasteiger partial charge in [0.1, 0.15) is 0 Å². The van der Waals surface area contributed by atoms with Crippen LogP contribution in [0.2, 0.25) is 0 Å². The third kappa shape index (κ3) is 2.20. The molecule has 0 amide bonds. The topological polar surface area (TPSA) is 0 Å². The van der Waals surface area contributed by atoms with Crippen LogP contribution in [0.15, 0.2) is 133 Å². The summed E-state index contributed by atoms with van der Waals surface area (Å²) in [5.74, 6) is 0. The fourth-order valence-electron chi connectivity index (χ4n) is 13.0. The van der Waals surface area contributed by atoms with Gasteiger partial charge < -0.3 is 0 Å². The molecule has 0 bridgehead atoms. The maximum Gasteiger partial charge on any atom is -0.0000246 e. The van der Waals surface area contributed by atoms with Gasteiger partial charge in [0.05, 0.1) is 0 Å². The van der Waals surface area contributed by atoms with Gasteiger partial charge in [-0.1, -0.05) is 133 Å². The second-order valence-electron chi connectivity index (χ2n) is 16.4. The molecule has 54 heavy (non-hydrogen) atoms. The molecule has 17 aromatic rings. The summed E-state index contributed by atoms with van der Waals surface area (Å²) >= 11 is 0. The number of hydrogen-bond acceptors (Lipinski definition) is 0. The zero-order valence-corrected chi connectivity index (χ0v) is 28.7. The van der Waals surface area contributed by atoms with Crippen molar-refractivity contribution in [3.63, 3.8) is 0 Å². The molecule has 0 N–H and O–H groups in total. The molecule has 0 atom stereocenters. The average Bonchev–Trinajstić information content (AvgIpc) is 3.24. The van der Waals surface area contributed by atoms with Crippen molar-refractivity contribution >= 4 is 172 Å². The Labute approximate surface area is 304 Å². The predicted octanol–water partition coefficient (Wildman–Crippen LogP) is 15.6. The number of benzene rings is 17. The smallest absolute Gasteiger partial charge is 0.0000246 e. The van der Waals surface area contributed by atoms with Crippen LogP contribution in [-0.4, -0.2) is 0 Å². The van der Waals surface area contributed by atoms with Gasteiger partial charge >= 0.3 is 0 Å². The predicted molar refractivity (Wildman–Crippen MR) is 236 cm³/mol. The molecule has 0 saturated carbocycles. The Kier molecular flexibility index (Phi) is 3.50. The standard InChI is InChI=1S/C54H22/c1-2-8-24-23(7-1)31-15-19-35-27-11-5-13-29-37-21-17-33-25-9-3-4-10-26(25)34-18-22-38-30-14-6-12-28-36-20-16-32(24)42-41(31)45(35)51-49(39(27)29)53-47(37)43(33)44(34)48(38)54(53)50(40(28)30)52(51)46(36)42/h1-22H. The summed E-state index contributed by atoms with van der Waals surface area (Å²) in [4.78, 5) is 0. The fourth-order valence-corrected chi connectivity index (χ4v) is 13.0. The molecular weight excluding hydrogens is 649 g/mol. The van der Waals surface area contributed by atoms with Gasteiger partial charge in [0.2, 0.25) is 0 Å². The summed E-state index contributed by atoms with van der Waals surface area (Å²) in [7, 11) is 0. The molecule has 0 fully saturated rings. The highest BCUT2D eigenvalue weighted by Crippen LogP contribution is 2.62. The molecule has 0 saturated heterocycles. The molecule has 0 unspecified atom stereocenters. The van der Waals surface area contributed by atoms with E-state index in [0.29, 0.717) is 0 Å². The third-order valence-electron chi connectivity index (χ3n) is 14.6. The Morgan fingerprint density at radius 3 is 0.537 bits per heavy atom. The molecule has 0 aliphatic rings. The second kappa shape index (κ2) is 7.55. The molecule has 17 rings (SSSR count). The lowest BCUT2D eigenvalue weighted by molar-refractivity contribution is 1.81. The van der Waals surface area contributed by atoms with E-state index < -0.39 is 0 Å². The van der Waals surface area contributed by atoms with Crippen LogP contribution >= 0.6 is 0 Å². The van der Waals surface area contributed by atoms with Crippen LogP contribution < -0.4 is 0 Å². The monoisotopic (exact) mass is 670 g/mol. The maximum absolute atomic E-state index is 2.46. The molecule has 0 heterocycles. The molecule has 0 spiro atoms. The van der Waals surface area contributed by atoms with E-state index in [4.69, 9.17) is 0 Å². The maximum atomic E-state index is 2.46. The first-order valence-corrected chi connectivity index (χ1v) is 19.3. The van der Waals surface area contributed by atoms with Gasteiger partial charge in [-0.15, -0.1) is 0 Å². The zero-order valence-electron chi connectivity index (χ0n) is 28.7. The van der Waals surface area contributed by atoms with Gasteiger partial charge in [0, 0.05) is 0 Å². The summed E-state index contributed by atoms with van der Waals surface area (Å²) in [5, 5.41) is 45.2. The summed E-state index contributed by atoms with van der Waals surface area (Å²) < 4.78 is 0. The highest BCUT2D eigenvalue weighted by Gasteiger charge is 2.33. The minimum Gasteiger partial charge on any atom is -0.0616 e. The van der Waals surface area contributed by atoms with E-state index in [1.54, 1.807) is 0 Å². The van der Waals surface area contributed by atoms with Gasteiger partial charge in [-0.2, -0.15) is 0 Å². The highest BCUT2D eigenvalue weighted by molar-refractivity contribution is 6.64. The minimum atomic E-state index is 1.35. The van der Waals surface area contributed by atoms with Crippen molar-refractivity contribution in [3.05, 3.63) is 133 Å². The first-order valence-electron chi connectivity index (χ1n) is 19.3. The summed E-state index contributed by atoms with van der Waals surface area (Å²) in [6.45, 7) is 0. The molecule has 0 aromatic heterocycles. The van der Waals surface area contributed by atoms with E-state index in [1.807, 2.05) is 0 Å². The molecule has 0 nitrogen and oxygen atoms in total. The van der Waals surface area contributed by atoms with Crippen molar-refractivity contribution < 1.29 is 0 Å². The van der Waals surface area contributed by atoms with Gasteiger partial charge in [-0.05, 0) is 172 Å². The lowest BCUT2D eigenvalue weighted by Crippen LogP contribution is -2.01. The zero-order chi connectivity index (χ0) is 34.0. The van der Waals surface area contributed by atoms with Crippen molar-refractivity contribution in [1.82, 2.24) is 0 Å². The summed E-state index contributed by atoms with van der Waals surface area (Å²) in [6, 6.07) is 52.1. The Balaban J connectivity index is 1.40. The Bertz CT molecular complexity index is 3940. The third-order valence-corrected chi connectivity index (χ3v) is 14.6. The average molecular weight is 671 g/mol. The minimum absolute atomic E-state index is 1.35. The number of rotatable bonds is 0. The molecule has 0 radical (unpaired) electrons. The van der Waals surface area contributed by atoms with E-state index >= 15 is 0 Å². The van der Waals surface area contributed by atoms with Crippen molar-refractivity contribution in [3.8, 4) is 0 Å². The van der Waals surface area contributed by atoms with Crippen LogP contribution in [0, 0.1) is 0 Å². The Hall–Kier alpha value is -7.02. The highest BCUT2D eigenvalue weighted by atomic mass is 14.3. The molecule has 0 aliphatic carbocycles. The van der Waals surface area contributed by atoms with Gasteiger partial charge in [0.15, 0.2) is 0 Å². The van der Waals surface area contributed by atoms with Crippen LogP contribution in [0.5, 0.6) is 0 Å². The van der Waals surface area contributed by atoms with Crippen LogP contribution in [-0.2, 0) is 0 Å².